The summed E-state index contributed by atoms with van der Waals surface area (Å²) in [4.78, 5) is 2.38. The van der Waals surface area contributed by atoms with Gasteiger partial charge in [-0.05, 0) is 62.4 Å². The van der Waals surface area contributed by atoms with Crippen LogP contribution in [0.3, 0.4) is 0 Å². The van der Waals surface area contributed by atoms with Gasteiger partial charge in [-0.2, -0.15) is 10.5 Å². The van der Waals surface area contributed by atoms with Crippen molar-refractivity contribution in [1.29, 1.82) is 10.5 Å². The minimum absolute atomic E-state index is 0.00822. The molecule has 1 fully saturated rings. The van der Waals surface area contributed by atoms with Crippen LogP contribution in [0.1, 0.15) is 42.7 Å². The Morgan fingerprint density at radius 3 is 2.64 bits per heavy atom. The van der Waals surface area contributed by atoms with Crippen molar-refractivity contribution in [2.45, 2.75) is 38.5 Å². The van der Waals surface area contributed by atoms with Crippen molar-refractivity contribution >= 4 is 15.9 Å². The molecule has 1 saturated heterocycles. The van der Waals surface area contributed by atoms with Crippen molar-refractivity contribution in [3.05, 3.63) is 33.8 Å². The van der Waals surface area contributed by atoms with E-state index < -0.39 is 0 Å². The highest BCUT2D eigenvalue weighted by Crippen LogP contribution is 2.30. The molecular weight excluding hydrogens is 338 g/mol. The summed E-state index contributed by atoms with van der Waals surface area (Å²) in [6, 6.07) is 11.1. The Hall–Kier alpha value is -1.36. The van der Waals surface area contributed by atoms with E-state index in [-0.39, 0.29) is 5.92 Å². The van der Waals surface area contributed by atoms with Gasteiger partial charge < -0.3 is 4.90 Å². The third kappa shape index (κ3) is 4.57. The van der Waals surface area contributed by atoms with Crippen LogP contribution in [-0.2, 0) is 0 Å². The van der Waals surface area contributed by atoms with Crippen LogP contribution in [0.25, 0.3) is 0 Å². The number of halogens is 1. The van der Waals surface area contributed by atoms with E-state index in [4.69, 9.17) is 5.26 Å². The van der Waals surface area contributed by atoms with Crippen LogP contribution in [0.15, 0.2) is 22.7 Å². The molecule has 0 spiro atoms. The lowest BCUT2D eigenvalue weighted by Gasteiger charge is -2.33. The Balaban J connectivity index is 1.86. The Kier molecular flexibility index (Phi) is 6.43. The summed E-state index contributed by atoms with van der Waals surface area (Å²) in [5.74, 6) is 0.619. The lowest BCUT2D eigenvalue weighted by Crippen LogP contribution is -2.36. The third-order valence-electron chi connectivity index (χ3n) is 4.51. The van der Waals surface area contributed by atoms with Crippen molar-refractivity contribution < 1.29 is 0 Å². The molecule has 0 bridgehead atoms. The van der Waals surface area contributed by atoms with Crippen LogP contribution >= 0.6 is 15.9 Å². The number of nitriles is 2. The summed E-state index contributed by atoms with van der Waals surface area (Å²) in [5.41, 5.74) is 2.72. The zero-order valence-electron chi connectivity index (χ0n) is 13.1. The zero-order valence-corrected chi connectivity index (χ0v) is 14.6. The SMILES string of the molecule is Cc1cc(C2CCN(CC(C#N)CCC#N)CC2)ccc1Br. The highest BCUT2D eigenvalue weighted by atomic mass is 79.9. The van der Waals surface area contributed by atoms with Gasteiger partial charge in [-0.25, -0.2) is 0 Å². The van der Waals surface area contributed by atoms with Crippen molar-refractivity contribution in [3.63, 3.8) is 0 Å². The molecule has 1 unspecified atom stereocenters. The van der Waals surface area contributed by atoms with E-state index in [1.54, 1.807) is 0 Å². The van der Waals surface area contributed by atoms with Crippen molar-refractivity contribution in [2.75, 3.05) is 19.6 Å². The summed E-state index contributed by atoms with van der Waals surface area (Å²) in [7, 11) is 0. The van der Waals surface area contributed by atoms with Crippen LogP contribution < -0.4 is 0 Å². The molecule has 1 atom stereocenters. The molecule has 0 aromatic heterocycles. The molecule has 2 rings (SSSR count). The Morgan fingerprint density at radius 2 is 2.05 bits per heavy atom. The maximum atomic E-state index is 9.18. The van der Waals surface area contributed by atoms with E-state index in [1.165, 1.54) is 15.6 Å². The predicted octanol–water partition coefficient (Wildman–Crippen LogP) is 4.38. The number of hydrogen-bond acceptors (Lipinski definition) is 3. The van der Waals surface area contributed by atoms with E-state index in [9.17, 15) is 5.26 Å². The van der Waals surface area contributed by atoms with Gasteiger partial charge in [-0.3, -0.25) is 0 Å². The van der Waals surface area contributed by atoms with E-state index in [1.807, 2.05) is 0 Å². The minimum atomic E-state index is -0.00822. The van der Waals surface area contributed by atoms with Gasteiger partial charge in [0.05, 0.1) is 18.1 Å². The highest BCUT2D eigenvalue weighted by Gasteiger charge is 2.22. The molecule has 0 aliphatic carbocycles. The number of hydrogen-bond donors (Lipinski definition) is 0. The summed E-state index contributed by atoms with van der Waals surface area (Å²) >= 11 is 3.56. The van der Waals surface area contributed by atoms with Crippen LogP contribution in [0.5, 0.6) is 0 Å². The second-order valence-electron chi connectivity index (χ2n) is 6.11. The Morgan fingerprint density at radius 1 is 1.32 bits per heavy atom. The molecular formula is C18H22BrN3. The number of likely N-dealkylation sites (tertiary alicyclic amines) is 1. The molecule has 3 nitrogen and oxygen atoms in total. The summed E-state index contributed by atoms with van der Waals surface area (Å²) < 4.78 is 1.17. The van der Waals surface area contributed by atoms with E-state index in [0.717, 1.165) is 32.5 Å². The summed E-state index contributed by atoms with van der Waals surface area (Å²) in [5, 5.41) is 17.8. The zero-order chi connectivity index (χ0) is 15.9. The van der Waals surface area contributed by atoms with Gasteiger partial charge in [0, 0.05) is 17.4 Å². The molecule has 116 valence electrons. The van der Waals surface area contributed by atoms with Crippen molar-refractivity contribution in [1.82, 2.24) is 4.90 Å². The molecule has 0 saturated carbocycles. The quantitative estimate of drug-likeness (QED) is 0.783. The first kappa shape index (κ1) is 17.0. The highest BCUT2D eigenvalue weighted by molar-refractivity contribution is 9.10. The van der Waals surface area contributed by atoms with Gasteiger partial charge in [0.15, 0.2) is 0 Å². The molecule has 22 heavy (non-hydrogen) atoms. The van der Waals surface area contributed by atoms with Gasteiger partial charge in [0.2, 0.25) is 0 Å². The number of benzene rings is 1. The van der Waals surface area contributed by atoms with Gasteiger partial charge in [0.25, 0.3) is 0 Å². The van der Waals surface area contributed by atoms with Crippen LogP contribution in [-0.4, -0.2) is 24.5 Å². The number of nitrogens with zero attached hydrogens (tertiary/aromatic N) is 3. The molecule has 0 radical (unpaired) electrons. The second kappa shape index (κ2) is 8.32. The first-order valence-corrected chi connectivity index (χ1v) is 8.68. The molecule has 1 aliphatic heterocycles. The third-order valence-corrected chi connectivity index (χ3v) is 5.40. The molecule has 4 heteroatoms. The topological polar surface area (TPSA) is 50.8 Å². The molecule has 0 N–H and O–H groups in total. The maximum Gasteiger partial charge on any atom is 0.0669 e. The molecule has 1 aliphatic rings. The lowest BCUT2D eigenvalue weighted by molar-refractivity contribution is 0.193. The van der Waals surface area contributed by atoms with Gasteiger partial charge >= 0.3 is 0 Å². The standard InChI is InChI=1S/C18H22BrN3/c1-14-11-17(4-5-18(14)19)16-6-9-22(10-7-16)13-15(12-21)3-2-8-20/h4-5,11,15-16H,2-3,6-7,9-10,13H2,1H3. The fourth-order valence-electron chi connectivity index (χ4n) is 3.12. The van der Waals surface area contributed by atoms with Gasteiger partial charge in [-0.15, -0.1) is 0 Å². The monoisotopic (exact) mass is 359 g/mol. The van der Waals surface area contributed by atoms with E-state index in [0.29, 0.717) is 18.8 Å². The number of piperidine rings is 1. The molecule has 0 amide bonds. The second-order valence-corrected chi connectivity index (χ2v) is 6.96. The average Bonchev–Trinajstić information content (AvgIpc) is 2.54. The van der Waals surface area contributed by atoms with E-state index >= 15 is 0 Å². The smallest absolute Gasteiger partial charge is 0.0669 e. The maximum absolute atomic E-state index is 9.18. The first-order valence-electron chi connectivity index (χ1n) is 7.89. The molecule has 1 heterocycles. The molecule has 1 aromatic rings. The van der Waals surface area contributed by atoms with Crippen LogP contribution in [0, 0.1) is 35.5 Å². The van der Waals surface area contributed by atoms with Crippen LogP contribution in [0.4, 0.5) is 0 Å². The van der Waals surface area contributed by atoms with Gasteiger partial charge in [0.1, 0.15) is 0 Å². The van der Waals surface area contributed by atoms with Crippen LogP contribution in [0.2, 0.25) is 0 Å². The average molecular weight is 360 g/mol. The number of aryl methyl sites for hydroxylation is 1. The van der Waals surface area contributed by atoms with Crippen molar-refractivity contribution in [2.24, 2.45) is 5.92 Å². The Labute approximate surface area is 141 Å². The Bertz CT molecular complexity index is 577. The largest absolute Gasteiger partial charge is 0.302 e. The van der Waals surface area contributed by atoms with E-state index in [2.05, 4.69) is 58.1 Å². The lowest BCUT2D eigenvalue weighted by atomic mass is 9.88. The fraction of sp³-hybridized carbons (Fsp3) is 0.556. The van der Waals surface area contributed by atoms with Crippen molar-refractivity contribution in [3.8, 4) is 12.1 Å². The first-order chi connectivity index (χ1) is 10.6. The minimum Gasteiger partial charge on any atom is -0.302 e. The fourth-order valence-corrected chi connectivity index (χ4v) is 3.36. The van der Waals surface area contributed by atoms with Gasteiger partial charge in [-0.1, -0.05) is 28.1 Å². The number of rotatable bonds is 5. The summed E-state index contributed by atoms with van der Waals surface area (Å²) in [6.07, 6.45) is 3.47. The predicted molar refractivity (Wildman–Crippen MR) is 91.2 cm³/mol. The summed E-state index contributed by atoms with van der Waals surface area (Å²) in [6.45, 7) is 5.04. The normalized spacial score (nSPS) is 17.6. The molecule has 1 aromatic carbocycles.